The van der Waals surface area contributed by atoms with Crippen molar-refractivity contribution in [3.05, 3.63) is 70.9 Å². The molecule has 5 nitrogen and oxygen atoms in total. The topological polar surface area (TPSA) is 55.8 Å². The van der Waals surface area contributed by atoms with Crippen LogP contribution in [-0.4, -0.2) is 30.0 Å². The smallest absolute Gasteiger partial charge is 0.308 e. The SMILES string of the molecule is CC(=O)N1C=Cc2ccccc2[C@H]1CC(=O)OCCOc1ccc(Cl)cc1. The molecule has 0 saturated carbocycles. The van der Waals surface area contributed by atoms with Crippen LogP contribution in [0.25, 0.3) is 6.08 Å². The lowest BCUT2D eigenvalue weighted by atomic mass is 9.94. The lowest BCUT2D eigenvalue weighted by Gasteiger charge is -2.32. The zero-order chi connectivity index (χ0) is 19.2. The van der Waals surface area contributed by atoms with Gasteiger partial charge in [0.2, 0.25) is 5.91 Å². The van der Waals surface area contributed by atoms with Crippen molar-refractivity contribution < 1.29 is 19.1 Å². The van der Waals surface area contributed by atoms with Gasteiger partial charge in [-0.1, -0.05) is 35.9 Å². The number of carbonyl (C=O) groups is 2. The molecule has 27 heavy (non-hydrogen) atoms. The molecule has 1 aliphatic heterocycles. The summed E-state index contributed by atoms with van der Waals surface area (Å²) in [7, 11) is 0. The number of carbonyl (C=O) groups excluding carboxylic acids is 2. The molecule has 0 spiro atoms. The molecule has 140 valence electrons. The largest absolute Gasteiger partial charge is 0.490 e. The van der Waals surface area contributed by atoms with Crippen molar-refractivity contribution in [2.45, 2.75) is 19.4 Å². The first-order valence-electron chi connectivity index (χ1n) is 8.64. The zero-order valence-corrected chi connectivity index (χ0v) is 15.7. The maximum Gasteiger partial charge on any atom is 0.308 e. The molecule has 0 unspecified atom stereocenters. The lowest BCUT2D eigenvalue weighted by molar-refractivity contribution is -0.146. The third-order valence-electron chi connectivity index (χ3n) is 4.26. The minimum absolute atomic E-state index is 0.0852. The van der Waals surface area contributed by atoms with Gasteiger partial charge in [-0.25, -0.2) is 0 Å². The van der Waals surface area contributed by atoms with E-state index in [1.54, 1.807) is 35.4 Å². The second-order valence-corrected chi connectivity index (χ2v) is 6.55. The normalized spacial score (nSPS) is 15.2. The van der Waals surface area contributed by atoms with Crippen LogP contribution in [0.2, 0.25) is 5.02 Å². The molecule has 0 N–H and O–H groups in total. The molecular weight excluding hydrogens is 366 g/mol. The van der Waals surface area contributed by atoms with Crippen molar-refractivity contribution in [1.29, 1.82) is 0 Å². The van der Waals surface area contributed by atoms with Gasteiger partial charge in [0.1, 0.15) is 19.0 Å². The van der Waals surface area contributed by atoms with Gasteiger partial charge in [0.25, 0.3) is 0 Å². The minimum atomic E-state index is -0.379. The van der Waals surface area contributed by atoms with Gasteiger partial charge in [-0.05, 0) is 41.5 Å². The lowest BCUT2D eigenvalue weighted by Crippen LogP contribution is -2.32. The van der Waals surface area contributed by atoms with Gasteiger partial charge in [0, 0.05) is 18.1 Å². The summed E-state index contributed by atoms with van der Waals surface area (Å²) in [4.78, 5) is 25.8. The van der Waals surface area contributed by atoms with E-state index in [9.17, 15) is 9.59 Å². The molecule has 3 rings (SSSR count). The number of hydrogen-bond donors (Lipinski definition) is 0. The van der Waals surface area contributed by atoms with Crippen molar-refractivity contribution >= 4 is 29.6 Å². The fourth-order valence-corrected chi connectivity index (χ4v) is 3.10. The Morgan fingerprint density at radius 2 is 1.81 bits per heavy atom. The summed E-state index contributed by atoms with van der Waals surface area (Å²) in [5.74, 6) is 0.158. The Kier molecular flexibility index (Phi) is 6.14. The maximum absolute atomic E-state index is 12.3. The average Bonchev–Trinajstić information content (AvgIpc) is 2.66. The molecule has 0 aromatic heterocycles. The van der Waals surface area contributed by atoms with E-state index >= 15 is 0 Å². The molecule has 2 aromatic rings. The predicted octanol–water partition coefficient (Wildman–Crippen LogP) is 4.23. The number of halogens is 1. The number of hydrogen-bond acceptors (Lipinski definition) is 4. The summed E-state index contributed by atoms with van der Waals surface area (Å²) < 4.78 is 10.8. The summed E-state index contributed by atoms with van der Waals surface area (Å²) in [5, 5.41) is 0.630. The molecule has 0 radical (unpaired) electrons. The monoisotopic (exact) mass is 385 g/mol. The van der Waals surface area contributed by atoms with E-state index in [-0.39, 0.29) is 37.6 Å². The number of amides is 1. The quantitative estimate of drug-likeness (QED) is 0.551. The Hall–Kier alpha value is -2.79. The molecule has 0 aliphatic carbocycles. The van der Waals surface area contributed by atoms with E-state index in [1.165, 1.54) is 6.92 Å². The van der Waals surface area contributed by atoms with Crippen molar-refractivity contribution in [1.82, 2.24) is 4.90 Å². The highest BCUT2D eigenvalue weighted by Crippen LogP contribution is 2.33. The van der Waals surface area contributed by atoms with Gasteiger partial charge < -0.3 is 14.4 Å². The van der Waals surface area contributed by atoms with Crippen LogP contribution < -0.4 is 4.74 Å². The molecule has 1 atom stereocenters. The van der Waals surface area contributed by atoms with Gasteiger partial charge in [-0.15, -0.1) is 0 Å². The van der Waals surface area contributed by atoms with E-state index < -0.39 is 0 Å². The molecule has 1 amide bonds. The highest BCUT2D eigenvalue weighted by molar-refractivity contribution is 6.30. The van der Waals surface area contributed by atoms with Crippen LogP contribution in [0.1, 0.15) is 30.5 Å². The molecule has 0 fully saturated rings. The molecule has 0 saturated heterocycles. The fraction of sp³-hybridized carbons (Fsp3) is 0.238. The molecule has 6 heteroatoms. The van der Waals surface area contributed by atoms with Crippen LogP contribution in [0.3, 0.4) is 0 Å². The van der Waals surface area contributed by atoms with Crippen molar-refractivity contribution in [2.75, 3.05) is 13.2 Å². The molecule has 1 aliphatic rings. The van der Waals surface area contributed by atoms with Crippen LogP contribution >= 0.6 is 11.6 Å². The number of fused-ring (bicyclic) bond motifs is 1. The second-order valence-electron chi connectivity index (χ2n) is 6.11. The summed E-state index contributed by atoms with van der Waals surface area (Å²) >= 11 is 5.82. The second kappa shape index (κ2) is 8.73. The van der Waals surface area contributed by atoms with Crippen molar-refractivity contribution in [2.24, 2.45) is 0 Å². The molecule has 2 aromatic carbocycles. The van der Waals surface area contributed by atoms with E-state index in [0.29, 0.717) is 10.8 Å². The van der Waals surface area contributed by atoms with Crippen LogP contribution in [0.5, 0.6) is 5.75 Å². The van der Waals surface area contributed by atoms with Crippen molar-refractivity contribution in [3.8, 4) is 5.75 Å². The van der Waals surface area contributed by atoms with Gasteiger partial charge in [-0.2, -0.15) is 0 Å². The standard InChI is InChI=1S/C21H20ClNO4/c1-15(24)23-11-10-16-4-2-3-5-19(16)20(23)14-21(25)27-13-12-26-18-8-6-17(22)7-9-18/h2-11,20H,12-14H2,1H3/t20-/m1/s1. The first-order valence-corrected chi connectivity index (χ1v) is 9.02. The average molecular weight is 386 g/mol. The Morgan fingerprint density at radius 3 is 2.56 bits per heavy atom. The highest BCUT2D eigenvalue weighted by Gasteiger charge is 2.28. The van der Waals surface area contributed by atoms with Crippen LogP contribution in [-0.2, 0) is 14.3 Å². The summed E-state index contributed by atoms with van der Waals surface area (Å²) in [6.07, 6.45) is 3.67. The first kappa shape index (κ1) is 19.0. The third kappa shape index (κ3) is 4.89. The van der Waals surface area contributed by atoms with Crippen molar-refractivity contribution in [3.63, 3.8) is 0 Å². The number of rotatable bonds is 6. The van der Waals surface area contributed by atoms with Gasteiger partial charge in [-0.3, -0.25) is 9.59 Å². The maximum atomic E-state index is 12.3. The Morgan fingerprint density at radius 1 is 1.07 bits per heavy atom. The molecule has 1 heterocycles. The van der Waals surface area contributed by atoms with E-state index in [1.807, 2.05) is 30.3 Å². The molecule has 0 bridgehead atoms. The first-order chi connectivity index (χ1) is 13.0. The van der Waals surface area contributed by atoms with Crippen LogP contribution in [0.4, 0.5) is 0 Å². The predicted molar refractivity (Wildman–Crippen MR) is 103 cm³/mol. The van der Waals surface area contributed by atoms with E-state index in [2.05, 4.69) is 0 Å². The Bertz CT molecular complexity index is 848. The van der Waals surface area contributed by atoms with Gasteiger partial charge in [0.05, 0.1) is 12.5 Å². The number of esters is 1. The van der Waals surface area contributed by atoms with Gasteiger partial charge >= 0.3 is 5.97 Å². The molecular formula is C21H20ClNO4. The van der Waals surface area contributed by atoms with Gasteiger partial charge in [0.15, 0.2) is 0 Å². The highest BCUT2D eigenvalue weighted by atomic mass is 35.5. The van der Waals surface area contributed by atoms with E-state index in [0.717, 1.165) is 11.1 Å². The zero-order valence-electron chi connectivity index (χ0n) is 14.9. The Labute approximate surface area is 163 Å². The third-order valence-corrected chi connectivity index (χ3v) is 4.51. The number of nitrogens with zero attached hydrogens (tertiary/aromatic N) is 1. The fourth-order valence-electron chi connectivity index (χ4n) is 2.98. The number of benzene rings is 2. The number of ether oxygens (including phenoxy) is 2. The summed E-state index contributed by atoms with van der Waals surface area (Å²) in [6.45, 7) is 1.85. The van der Waals surface area contributed by atoms with E-state index in [4.69, 9.17) is 21.1 Å². The summed E-state index contributed by atoms with van der Waals surface area (Å²) in [6, 6.07) is 14.3. The van der Waals surface area contributed by atoms with Crippen LogP contribution in [0, 0.1) is 0 Å². The summed E-state index contributed by atoms with van der Waals surface area (Å²) in [5.41, 5.74) is 1.93. The van der Waals surface area contributed by atoms with Crippen LogP contribution in [0.15, 0.2) is 54.7 Å². The minimum Gasteiger partial charge on any atom is -0.490 e. The Balaban J connectivity index is 1.55.